The second kappa shape index (κ2) is 46.4. The van der Waals surface area contributed by atoms with Crippen LogP contribution in [0.3, 0.4) is 0 Å². The van der Waals surface area contributed by atoms with Gasteiger partial charge in [-0.2, -0.15) is 0 Å². The van der Waals surface area contributed by atoms with Gasteiger partial charge in [0.1, 0.15) is 19.8 Å². The summed E-state index contributed by atoms with van der Waals surface area (Å²) >= 11 is 0. The largest absolute Gasteiger partial charge is 0.508 e. The number of allylic oxidation sites excluding steroid dienone is 4. The standard InChI is InChI=1S/C56H101NO11/c1-6-11-15-19-22-27-34-49(33-26-18-14-9-4)44-64-52(58)36-28-25-29-37-53(59)65-46-51(48-68-56(61)67-45-50-35-32-40-57(10-5)43-50)47-66-54(60)38-39-55(62-41-30-23-20-16-12-7-2)63-42-31-24-21-17-13-8-3/h12-13,16-17,49-51,55H,6-11,14-15,18-48H2,1-5H3/b16-12-,17-13-. The molecular formula is C56H101NO11. The topological polar surface area (TPSA) is 136 Å². The zero-order chi connectivity index (χ0) is 49.6. The molecule has 0 amide bonds. The fraction of sp³-hybridized carbons (Fsp3) is 0.857. The summed E-state index contributed by atoms with van der Waals surface area (Å²) in [7, 11) is 0. The monoisotopic (exact) mass is 964 g/mol. The van der Waals surface area contributed by atoms with Gasteiger partial charge in [-0.15, -0.1) is 0 Å². The minimum absolute atomic E-state index is 0.0844. The Morgan fingerprint density at radius 1 is 0.515 bits per heavy atom. The van der Waals surface area contributed by atoms with Crippen LogP contribution in [0.1, 0.15) is 221 Å². The van der Waals surface area contributed by atoms with Crippen molar-refractivity contribution in [2.24, 2.45) is 17.8 Å². The van der Waals surface area contributed by atoms with Crippen molar-refractivity contribution < 1.29 is 52.3 Å². The van der Waals surface area contributed by atoms with E-state index in [1.54, 1.807) is 0 Å². The molecule has 0 N–H and O–H groups in total. The molecule has 68 heavy (non-hydrogen) atoms. The van der Waals surface area contributed by atoms with E-state index < -0.39 is 30.3 Å². The van der Waals surface area contributed by atoms with Crippen LogP contribution in [0, 0.1) is 17.8 Å². The van der Waals surface area contributed by atoms with E-state index in [0.717, 1.165) is 96.7 Å². The van der Waals surface area contributed by atoms with E-state index >= 15 is 0 Å². The Morgan fingerprint density at radius 3 is 1.57 bits per heavy atom. The maximum atomic E-state index is 13.1. The lowest BCUT2D eigenvalue weighted by molar-refractivity contribution is -0.161. The molecule has 1 rings (SSSR count). The van der Waals surface area contributed by atoms with E-state index in [1.807, 2.05) is 0 Å². The first-order chi connectivity index (χ1) is 33.2. The maximum Gasteiger partial charge on any atom is 0.508 e. The number of ether oxygens (including phenoxy) is 7. The fourth-order valence-corrected chi connectivity index (χ4v) is 8.26. The molecule has 0 aromatic heterocycles. The van der Waals surface area contributed by atoms with E-state index in [0.29, 0.717) is 57.8 Å². The van der Waals surface area contributed by atoms with Crippen LogP contribution in [0.5, 0.6) is 0 Å². The van der Waals surface area contributed by atoms with Gasteiger partial charge in [0.2, 0.25) is 0 Å². The minimum atomic E-state index is -0.792. The number of unbranched alkanes of at least 4 members (excludes halogenated alkanes) is 14. The van der Waals surface area contributed by atoms with Gasteiger partial charge < -0.3 is 38.1 Å². The molecule has 0 aliphatic carbocycles. The third kappa shape index (κ3) is 38.8. The van der Waals surface area contributed by atoms with Crippen LogP contribution in [-0.4, -0.2) is 101 Å². The average Bonchev–Trinajstić information content (AvgIpc) is 3.34. The second-order valence-corrected chi connectivity index (χ2v) is 19.0. The quantitative estimate of drug-likeness (QED) is 0.0189. The molecule has 1 fully saturated rings. The summed E-state index contributed by atoms with van der Waals surface area (Å²) < 4.78 is 40.1. The van der Waals surface area contributed by atoms with Crippen molar-refractivity contribution in [2.45, 2.75) is 227 Å². The number of piperidine rings is 1. The summed E-state index contributed by atoms with van der Waals surface area (Å²) in [6.07, 6.45) is 34.9. The van der Waals surface area contributed by atoms with E-state index in [4.69, 9.17) is 33.2 Å². The number of likely N-dealkylation sites (tertiary alicyclic amines) is 1. The van der Waals surface area contributed by atoms with Crippen LogP contribution in [0.2, 0.25) is 0 Å². The molecule has 0 aromatic rings. The zero-order valence-corrected chi connectivity index (χ0v) is 44.1. The first kappa shape index (κ1) is 63.1. The Bertz CT molecular complexity index is 1250. The number of rotatable bonds is 46. The van der Waals surface area contributed by atoms with Crippen LogP contribution in [0.25, 0.3) is 0 Å². The summed E-state index contributed by atoms with van der Waals surface area (Å²) in [5, 5.41) is 0. The highest BCUT2D eigenvalue weighted by Gasteiger charge is 2.23. The number of nitrogens with zero attached hydrogens (tertiary/aromatic N) is 1. The smallest absolute Gasteiger partial charge is 0.465 e. The van der Waals surface area contributed by atoms with Gasteiger partial charge in [0.25, 0.3) is 0 Å². The lowest BCUT2D eigenvalue weighted by Crippen LogP contribution is -2.37. The average molecular weight is 964 g/mol. The molecule has 1 aliphatic heterocycles. The van der Waals surface area contributed by atoms with Crippen molar-refractivity contribution in [1.82, 2.24) is 4.90 Å². The van der Waals surface area contributed by atoms with Gasteiger partial charge in [-0.3, -0.25) is 14.4 Å². The Balaban J connectivity index is 2.64. The summed E-state index contributed by atoms with van der Waals surface area (Å²) in [6, 6.07) is 0. The summed E-state index contributed by atoms with van der Waals surface area (Å²) in [5.41, 5.74) is 0. The highest BCUT2D eigenvalue weighted by Crippen LogP contribution is 2.21. The van der Waals surface area contributed by atoms with Crippen LogP contribution < -0.4 is 0 Å². The third-order valence-corrected chi connectivity index (χ3v) is 12.6. The molecule has 0 aromatic carbocycles. The molecule has 0 spiro atoms. The molecule has 396 valence electrons. The first-order valence-corrected chi connectivity index (χ1v) is 27.8. The third-order valence-electron chi connectivity index (χ3n) is 12.6. The van der Waals surface area contributed by atoms with Crippen molar-refractivity contribution in [3.8, 4) is 0 Å². The van der Waals surface area contributed by atoms with Gasteiger partial charge in [0, 0.05) is 44.9 Å². The lowest BCUT2D eigenvalue weighted by atomic mass is 9.95. The van der Waals surface area contributed by atoms with Crippen LogP contribution in [-0.2, 0) is 47.5 Å². The van der Waals surface area contributed by atoms with Crippen molar-refractivity contribution >= 4 is 24.1 Å². The Hall–Kier alpha value is -2.96. The summed E-state index contributed by atoms with van der Waals surface area (Å²) in [4.78, 5) is 53.6. The molecule has 1 heterocycles. The highest BCUT2D eigenvalue weighted by molar-refractivity contribution is 5.70. The normalized spacial score (nSPS) is 15.2. The summed E-state index contributed by atoms with van der Waals surface area (Å²) in [5.74, 6) is -0.912. The fourth-order valence-electron chi connectivity index (χ4n) is 8.26. The summed E-state index contributed by atoms with van der Waals surface area (Å²) in [6.45, 7) is 15.3. The van der Waals surface area contributed by atoms with Gasteiger partial charge in [-0.25, -0.2) is 4.79 Å². The molecule has 0 radical (unpaired) electrons. The molecule has 12 heteroatoms. The van der Waals surface area contributed by atoms with Gasteiger partial charge in [0.05, 0.1) is 25.6 Å². The molecule has 3 unspecified atom stereocenters. The number of carbonyl (C=O) groups excluding carboxylic acids is 4. The highest BCUT2D eigenvalue weighted by atomic mass is 16.7. The second-order valence-electron chi connectivity index (χ2n) is 19.0. The Labute approximate surface area is 415 Å². The van der Waals surface area contributed by atoms with Crippen LogP contribution in [0.4, 0.5) is 4.79 Å². The SMILES string of the molecule is CC/C=C\CCCCOC(CCC(=O)OCC(COC(=O)CCCCCC(=O)OCC(CCCCCC)CCCCCCCC)COC(=O)OCC1CCCN(CC)C1)OCCCC/C=C\CC. The molecule has 0 bridgehead atoms. The van der Waals surface area contributed by atoms with Crippen molar-refractivity contribution in [3.05, 3.63) is 24.3 Å². The molecular weight excluding hydrogens is 863 g/mol. The maximum absolute atomic E-state index is 13.1. The minimum Gasteiger partial charge on any atom is -0.465 e. The Morgan fingerprint density at radius 2 is 1.01 bits per heavy atom. The van der Waals surface area contributed by atoms with Gasteiger partial charge in [-0.1, -0.05) is 130 Å². The number of esters is 3. The number of carbonyl (C=O) groups is 4. The van der Waals surface area contributed by atoms with E-state index in [1.165, 1.54) is 64.2 Å². The predicted octanol–water partition coefficient (Wildman–Crippen LogP) is 13.8. The number of hydrogen-bond acceptors (Lipinski definition) is 12. The molecule has 0 saturated carbocycles. The van der Waals surface area contributed by atoms with E-state index in [2.05, 4.69) is 63.8 Å². The van der Waals surface area contributed by atoms with Crippen molar-refractivity contribution in [2.75, 3.05) is 65.9 Å². The predicted molar refractivity (Wildman–Crippen MR) is 273 cm³/mol. The van der Waals surface area contributed by atoms with Gasteiger partial charge in [-0.05, 0) is 109 Å². The zero-order valence-electron chi connectivity index (χ0n) is 44.1. The Kier molecular flexibility index (Phi) is 43.0. The van der Waals surface area contributed by atoms with Crippen LogP contribution >= 0.6 is 0 Å². The van der Waals surface area contributed by atoms with Gasteiger partial charge in [0.15, 0.2) is 6.29 Å². The molecule has 12 nitrogen and oxygen atoms in total. The first-order valence-electron chi connectivity index (χ1n) is 27.8. The van der Waals surface area contributed by atoms with E-state index in [9.17, 15) is 19.2 Å². The van der Waals surface area contributed by atoms with Crippen molar-refractivity contribution in [1.29, 1.82) is 0 Å². The molecule has 1 saturated heterocycles. The molecule has 1 aliphatic rings. The lowest BCUT2D eigenvalue weighted by Gasteiger charge is -2.31. The van der Waals surface area contributed by atoms with E-state index in [-0.39, 0.29) is 51.2 Å². The number of hydrogen-bond donors (Lipinski definition) is 0. The van der Waals surface area contributed by atoms with Gasteiger partial charge >= 0.3 is 24.1 Å². The molecule has 3 atom stereocenters. The van der Waals surface area contributed by atoms with Crippen molar-refractivity contribution in [3.63, 3.8) is 0 Å². The van der Waals surface area contributed by atoms with Crippen LogP contribution in [0.15, 0.2) is 24.3 Å².